The van der Waals surface area contributed by atoms with E-state index in [2.05, 4.69) is 24.3 Å². The molecule has 0 bridgehead atoms. The van der Waals surface area contributed by atoms with Crippen LogP contribution >= 0.6 is 0 Å². The molecule has 0 aliphatic carbocycles. The predicted octanol–water partition coefficient (Wildman–Crippen LogP) is 4.01. The second-order valence-electron chi connectivity index (χ2n) is 8.71. The van der Waals surface area contributed by atoms with Crippen LogP contribution in [0.2, 0.25) is 0 Å². The Hall–Kier alpha value is -2.64. The number of likely N-dealkylation sites (tertiary alicyclic amines) is 1. The molecule has 1 amide bonds. The van der Waals surface area contributed by atoms with Crippen LogP contribution in [0.25, 0.3) is 10.9 Å². The first kappa shape index (κ1) is 22.6. The molecular weight excluding hydrogens is 422 g/mol. The van der Waals surface area contributed by atoms with Crippen LogP contribution in [0.4, 0.5) is 0 Å². The summed E-state index contributed by atoms with van der Waals surface area (Å²) in [4.78, 5) is 15.6. The van der Waals surface area contributed by atoms with E-state index in [-0.39, 0.29) is 10.8 Å². The number of piperidine rings is 1. The highest BCUT2D eigenvalue weighted by Gasteiger charge is 2.27. The predicted molar refractivity (Wildman–Crippen MR) is 127 cm³/mol. The van der Waals surface area contributed by atoms with Gasteiger partial charge >= 0.3 is 0 Å². The molecule has 1 aliphatic rings. The second kappa shape index (κ2) is 9.08. The molecule has 7 heteroatoms. The van der Waals surface area contributed by atoms with Gasteiger partial charge in [0, 0.05) is 44.6 Å². The fraction of sp³-hybridized carbons (Fsp3) is 0.400. The van der Waals surface area contributed by atoms with E-state index < -0.39 is 10.0 Å². The van der Waals surface area contributed by atoms with Crippen LogP contribution in [0.5, 0.6) is 0 Å². The number of sulfonamides is 1. The van der Waals surface area contributed by atoms with Crippen molar-refractivity contribution in [2.75, 3.05) is 27.2 Å². The SMILES string of the molecule is CCn1c(C(=O)N2CCC(Cc3ccccc3)CC2)cc2cc(S(=O)(=O)N(C)C)ccc21. The van der Waals surface area contributed by atoms with Gasteiger partial charge < -0.3 is 9.47 Å². The van der Waals surface area contributed by atoms with Crippen molar-refractivity contribution in [1.29, 1.82) is 0 Å². The van der Waals surface area contributed by atoms with Crippen LogP contribution in [0, 0.1) is 5.92 Å². The highest BCUT2D eigenvalue weighted by atomic mass is 32.2. The number of aromatic nitrogens is 1. The summed E-state index contributed by atoms with van der Waals surface area (Å²) in [7, 11) is -0.481. The Morgan fingerprint density at radius 2 is 1.72 bits per heavy atom. The number of benzene rings is 2. The second-order valence-corrected chi connectivity index (χ2v) is 10.9. The van der Waals surface area contributed by atoms with Crippen LogP contribution in [-0.4, -0.2) is 55.3 Å². The van der Waals surface area contributed by atoms with E-state index in [1.54, 1.807) is 18.2 Å². The summed E-state index contributed by atoms with van der Waals surface area (Å²) in [6, 6.07) is 17.5. The van der Waals surface area contributed by atoms with Gasteiger partial charge in [-0.2, -0.15) is 0 Å². The molecule has 2 aromatic carbocycles. The largest absolute Gasteiger partial charge is 0.337 e. The van der Waals surface area contributed by atoms with Gasteiger partial charge in [0.25, 0.3) is 5.91 Å². The van der Waals surface area contributed by atoms with E-state index in [1.165, 1.54) is 24.0 Å². The fourth-order valence-corrected chi connectivity index (χ4v) is 5.53. The smallest absolute Gasteiger partial charge is 0.270 e. The van der Waals surface area contributed by atoms with Crippen molar-refractivity contribution in [3.05, 3.63) is 65.9 Å². The molecule has 0 spiro atoms. The van der Waals surface area contributed by atoms with Gasteiger partial charge in [0.2, 0.25) is 10.0 Å². The van der Waals surface area contributed by atoms with Gasteiger partial charge in [0.1, 0.15) is 5.69 Å². The van der Waals surface area contributed by atoms with E-state index in [0.717, 1.165) is 43.3 Å². The number of hydrogen-bond donors (Lipinski definition) is 0. The number of nitrogens with zero attached hydrogens (tertiary/aromatic N) is 3. The van der Waals surface area contributed by atoms with Crippen molar-refractivity contribution in [1.82, 2.24) is 13.8 Å². The van der Waals surface area contributed by atoms with Crippen molar-refractivity contribution >= 4 is 26.8 Å². The third kappa shape index (κ3) is 4.32. The molecule has 6 nitrogen and oxygen atoms in total. The van der Waals surface area contributed by atoms with E-state index in [9.17, 15) is 13.2 Å². The Balaban J connectivity index is 1.53. The van der Waals surface area contributed by atoms with E-state index in [4.69, 9.17) is 0 Å². The number of fused-ring (bicyclic) bond motifs is 1. The summed E-state index contributed by atoms with van der Waals surface area (Å²) in [5.74, 6) is 0.621. The van der Waals surface area contributed by atoms with Gasteiger partial charge in [-0.1, -0.05) is 30.3 Å². The Bertz CT molecular complexity index is 1210. The van der Waals surface area contributed by atoms with Crippen LogP contribution in [0.1, 0.15) is 35.8 Å². The van der Waals surface area contributed by atoms with Gasteiger partial charge in [-0.25, -0.2) is 12.7 Å². The first-order valence-corrected chi connectivity index (χ1v) is 12.6. The van der Waals surface area contributed by atoms with Crippen LogP contribution in [-0.2, 0) is 23.0 Å². The monoisotopic (exact) mass is 453 g/mol. The van der Waals surface area contributed by atoms with Crippen molar-refractivity contribution < 1.29 is 13.2 Å². The van der Waals surface area contributed by atoms with Gasteiger partial charge in [-0.05, 0) is 61.9 Å². The van der Waals surface area contributed by atoms with Crippen molar-refractivity contribution in [3.8, 4) is 0 Å². The Morgan fingerprint density at radius 3 is 2.34 bits per heavy atom. The maximum atomic E-state index is 13.4. The van der Waals surface area contributed by atoms with E-state index in [1.807, 2.05) is 28.5 Å². The first-order valence-electron chi connectivity index (χ1n) is 11.2. The zero-order chi connectivity index (χ0) is 22.9. The van der Waals surface area contributed by atoms with Gasteiger partial charge in [-0.15, -0.1) is 0 Å². The summed E-state index contributed by atoms with van der Waals surface area (Å²) >= 11 is 0. The molecule has 0 atom stereocenters. The molecule has 4 rings (SSSR count). The van der Waals surface area contributed by atoms with Crippen LogP contribution < -0.4 is 0 Å². The molecule has 1 saturated heterocycles. The van der Waals surface area contributed by atoms with Crippen molar-refractivity contribution in [2.24, 2.45) is 5.92 Å². The molecule has 1 fully saturated rings. The standard InChI is InChI=1S/C25H31N3O3S/c1-4-28-23-11-10-22(32(30,31)26(2)3)17-21(23)18-24(28)25(29)27-14-12-20(13-15-27)16-19-8-6-5-7-9-19/h5-11,17-18,20H,4,12-16H2,1-3H3. The molecule has 2 heterocycles. The lowest BCUT2D eigenvalue weighted by Crippen LogP contribution is -2.39. The molecular formula is C25H31N3O3S. The maximum Gasteiger partial charge on any atom is 0.270 e. The molecule has 1 aliphatic heterocycles. The van der Waals surface area contributed by atoms with E-state index >= 15 is 0 Å². The lowest BCUT2D eigenvalue weighted by molar-refractivity contribution is 0.0680. The Labute approximate surface area is 190 Å². The quantitative estimate of drug-likeness (QED) is 0.567. The highest BCUT2D eigenvalue weighted by molar-refractivity contribution is 7.89. The topological polar surface area (TPSA) is 62.6 Å². The number of rotatable bonds is 6. The minimum atomic E-state index is -3.52. The summed E-state index contributed by atoms with van der Waals surface area (Å²) in [5, 5.41) is 0.775. The lowest BCUT2D eigenvalue weighted by atomic mass is 9.90. The van der Waals surface area contributed by atoms with Gasteiger partial charge in [-0.3, -0.25) is 4.79 Å². The fourth-order valence-electron chi connectivity index (χ4n) is 4.59. The zero-order valence-corrected chi connectivity index (χ0v) is 19.8. The van der Waals surface area contributed by atoms with Gasteiger partial charge in [0.15, 0.2) is 0 Å². The Morgan fingerprint density at radius 1 is 1.03 bits per heavy atom. The zero-order valence-electron chi connectivity index (χ0n) is 19.0. The summed E-state index contributed by atoms with van der Waals surface area (Å²) in [5.41, 5.74) is 2.86. The number of hydrogen-bond acceptors (Lipinski definition) is 3. The molecule has 0 N–H and O–H groups in total. The third-order valence-corrected chi connectivity index (χ3v) is 8.27. The number of carbonyl (C=O) groups is 1. The molecule has 0 radical (unpaired) electrons. The summed E-state index contributed by atoms with van der Waals surface area (Å²) in [6.07, 6.45) is 3.05. The number of carbonyl (C=O) groups excluding carboxylic acids is 1. The molecule has 3 aromatic rings. The van der Waals surface area contributed by atoms with E-state index in [0.29, 0.717) is 18.2 Å². The molecule has 0 unspecified atom stereocenters. The minimum absolute atomic E-state index is 0.0261. The van der Waals surface area contributed by atoms with Crippen molar-refractivity contribution in [3.63, 3.8) is 0 Å². The highest BCUT2D eigenvalue weighted by Crippen LogP contribution is 2.27. The maximum absolute atomic E-state index is 13.4. The molecule has 0 saturated carbocycles. The van der Waals surface area contributed by atoms with Crippen LogP contribution in [0.15, 0.2) is 59.5 Å². The van der Waals surface area contributed by atoms with Gasteiger partial charge in [0.05, 0.1) is 4.90 Å². The first-order chi connectivity index (χ1) is 15.3. The summed E-state index contributed by atoms with van der Waals surface area (Å²) < 4.78 is 28.2. The van der Waals surface area contributed by atoms with Crippen LogP contribution in [0.3, 0.4) is 0 Å². The lowest BCUT2D eigenvalue weighted by Gasteiger charge is -2.32. The minimum Gasteiger partial charge on any atom is -0.337 e. The van der Waals surface area contributed by atoms with Crippen molar-refractivity contribution in [2.45, 2.75) is 37.6 Å². The Kier molecular flexibility index (Phi) is 6.40. The average Bonchev–Trinajstić information content (AvgIpc) is 3.17. The summed E-state index contributed by atoms with van der Waals surface area (Å²) in [6.45, 7) is 4.16. The average molecular weight is 454 g/mol. The number of amides is 1. The molecule has 1 aromatic heterocycles. The normalized spacial score (nSPS) is 15.6. The third-order valence-electron chi connectivity index (χ3n) is 6.46. The molecule has 170 valence electrons. The molecule has 32 heavy (non-hydrogen) atoms. The number of aryl methyl sites for hydroxylation is 1.